The number of likely N-dealkylation sites (tertiary alicyclic amines) is 1. The highest BCUT2D eigenvalue weighted by atomic mass is 15.1. The van der Waals surface area contributed by atoms with Gasteiger partial charge in [-0.3, -0.25) is 0 Å². The van der Waals surface area contributed by atoms with E-state index < -0.39 is 0 Å². The highest BCUT2D eigenvalue weighted by Crippen LogP contribution is 2.21. The topological polar surface area (TPSA) is 15.3 Å². The molecule has 1 heterocycles. The molecule has 1 unspecified atom stereocenters. The van der Waals surface area contributed by atoms with Crippen LogP contribution in [0.25, 0.3) is 0 Å². The fourth-order valence-electron chi connectivity index (χ4n) is 2.94. The Morgan fingerprint density at radius 1 is 1.17 bits per heavy atom. The molecule has 2 nitrogen and oxygen atoms in total. The molecule has 1 aliphatic heterocycles. The molecular formula is C16H34N2. The molecule has 2 heteroatoms. The van der Waals surface area contributed by atoms with Crippen molar-refractivity contribution in [2.75, 3.05) is 26.2 Å². The molecule has 1 saturated heterocycles. The number of hydrogen-bond acceptors (Lipinski definition) is 2. The zero-order valence-corrected chi connectivity index (χ0v) is 13.0. The summed E-state index contributed by atoms with van der Waals surface area (Å²) in [5.41, 5.74) is 0. The predicted molar refractivity (Wildman–Crippen MR) is 81.0 cm³/mol. The molecule has 1 rings (SSSR count). The van der Waals surface area contributed by atoms with Crippen LogP contribution >= 0.6 is 0 Å². The van der Waals surface area contributed by atoms with E-state index in [0.717, 1.165) is 11.8 Å². The zero-order chi connectivity index (χ0) is 13.4. The maximum Gasteiger partial charge on any atom is 0.00679 e. The Morgan fingerprint density at radius 2 is 1.83 bits per heavy atom. The van der Waals surface area contributed by atoms with Crippen LogP contribution < -0.4 is 5.32 Å². The second kappa shape index (κ2) is 8.92. The molecule has 1 N–H and O–H groups in total. The Hall–Kier alpha value is -0.0800. The first-order chi connectivity index (χ1) is 8.63. The summed E-state index contributed by atoms with van der Waals surface area (Å²) in [5.74, 6) is 1.76. The van der Waals surface area contributed by atoms with Crippen molar-refractivity contribution in [2.45, 2.75) is 65.8 Å². The summed E-state index contributed by atoms with van der Waals surface area (Å²) in [6.45, 7) is 14.4. The van der Waals surface area contributed by atoms with Crippen molar-refractivity contribution < 1.29 is 0 Å². The number of nitrogens with one attached hydrogen (secondary N) is 1. The fraction of sp³-hybridized carbons (Fsp3) is 1.00. The van der Waals surface area contributed by atoms with Crippen molar-refractivity contribution in [2.24, 2.45) is 11.8 Å². The van der Waals surface area contributed by atoms with E-state index in [2.05, 4.69) is 37.9 Å². The minimum Gasteiger partial charge on any atom is -0.314 e. The number of rotatable bonds is 8. The maximum atomic E-state index is 3.66. The van der Waals surface area contributed by atoms with Crippen molar-refractivity contribution in [1.82, 2.24) is 10.2 Å². The molecule has 18 heavy (non-hydrogen) atoms. The summed E-state index contributed by atoms with van der Waals surface area (Å²) in [7, 11) is 0. The first-order valence-electron chi connectivity index (χ1n) is 8.09. The van der Waals surface area contributed by atoms with Gasteiger partial charge in [0, 0.05) is 6.04 Å². The Kier molecular flexibility index (Phi) is 7.92. The van der Waals surface area contributed by atoms with E-state index in [1.165, 1.54) is 58.3 Å². The average Bonchev–Trinajstić information content (AvgIpc) is 2.36. The molecule has 1 atom stereocenters. The molecule has 0 bridgehead atoms. The van der Waals surface area contributed by atoms with Crippen molar-refractivity contribution in [3.05, 3.63) is 0 Å². The van der Waals surface area contributed by atoms with Crippen LogP contribution in [0.4, 0.5) is 0 Å². The van der Waals surface area contributed by atoms with E-state index in [9.17, 15) is 0 Å². The van der Waals surface area contributed by atoms with Crippen LogP contribution in [0.1, 0.15) is 59.8 Å². The largest absolute Gasteiger partial charge is 0.314 e. The smallest absolute Gasteiger partial charge is 0.00679 e. The van der Waals surface area contributed by atoms with Crippen LogP contribution in [-0.2, 0) is 0 Å². The Labute approximate surface area is 115 Å². The van der Waals surface area contributed by atoms with E-state index >= 15 is 0 Å². The first kappa shape index (κ1) is 16.0. The quantitative estimate of drug-likeness (QED) is 0.713. The predicted octanol–water partition coefficient (Wildman–Crippen LogP) is 3.52. The van der Waals surface area contributed by atoms with Gasteiger partial charge in [-0.05, 0) is 77.0 Å². The summed E-state index contributed by atoms with van der Waals surface area (Å²) in [4.78, 5) is 2.67. The van der Waals surface area contributed by atoms with Gasteiger partial charge < -0.3 is 10.2 Å². The van der Waals surface area contributed by atoms with Gasteiger partial charge in [-0.15, -0.1) is 0 Å². The van der Waals surface area contributed by atoms with E-state index in [1.54, 1.807) is 0 Å². The zero-order valence-electron chi connectivity index (χ0n) is 13.0. The van der Waals surface area contributed by atoms with Crippen LogP contribution in [0.5, 0.6) is 0 Å². The summed E-state index contributed by atoms with van der Waals surface area (Å²) < 4.78 is 0. The molecule has 0 saturated carbocycles. The molecule has 0 aromatic carbocycles. The van der Waals surface area contributed by atoms with E-state index in [4.69, 9.17) is 0 Å². The fourth-order valence-corrected chi connectivity index (χ4v) is 2.94. The number of hydrogen-bond donors (Lipinski definition) is 1. The second-order valence-electron chi connectivity index (χ2n) is 6.46. The third-order valence-corrected chi connectivity index (χ3v) is 4.31. The van der Waals surface area contributed by atoms with Gasteiger partial charge in [-0.2, -0.15) is 0 Å². The van der Waals surface area contributed by atoms with Gasteiger partial charge in [0.2, 0.25) is 0 Å². The van der Waals surface area contributed by atoms with Gasteiger partial charge in [-0.1, -0.05) is 20.8 Å². The molecular weight excluding hydrogens is 220 g/mol. The monoisotopic (exact) mass is 254 g/mol. The highest BCUT2D eigenvalue weighted by Gasteiger charge is 2.22. The molecule has 0 aromatic heterocycles. The molecule has 0 aromatic rings. The molecule has 0 spiro atoms. The summed E-state index contributed by atoms with van der Waals surface area (Å²) in [5, 5.41) is 3.66. The standard InChI is InChI=1S/C16H34N2/c1-5-10-17-15(4)16-8-12-18(13-9-16)11-6-7-14(2)3/h14-17H,5-13H2,1-4H3. The SMILES string of the molecule is CCCNC(C)C1CCN(CCCC(C)C)CC1. The third kappa shape index (κ3) is 6.19. The van der Waals surface area contributed by atoms with Crippen LogP contribution in [0.3, 0.4) is 0 Å². The van der Waals surface area contributed by atoms with E-state index in [0.29, 0.717) is 6.04 Å². The lowest BCUT2D eigenvalue weighted by molar-refractivity contribution is 0.159. The van der Waals surface area contributed by atoms with E-state index in [-0.39, 0.29) is 0 Å². The maximum absolute atomic E-state index is 3.66. The number of nitrogens with zero attached hydrogens (tertiary/aromatic N) is 1. The van der Waals surface area contributed by atoms with Crippen molar-refractivity contribution in [3.8, 4) is 0 Å². The molecule has 0 aliphatic carbocycles. The summed E-state index contributed by atoms with van der Waals surface area (Å²) >= 11 is 0. The van der Waals surface area contributed by atoms with Gasteiger partial charge in [0.05, 0.1) is 0 Å². The molecule has 0 radical (unpaired) electrons. The number of piperidine rings is 1. The second-order valence-corrected chi connectivity index (χ2v) is 6.46. The molecule has 0 amide bonds. The lowest BCUT2D eigenvalue weighted by atomic mass is 9.90. The van der Waals surface area contributed by atoms with Crippen molar-refractivity contribution in [1.29, 1.82) is 0 Å². The van der Waals surface area contributed by atoms with Crippen molar-refractivity contribution >= 4 is 0 Å². The highest BCUT2D eigenvalue weighted by molar-refractivity contribution is 4.79. The minimum atomic E-state index is 0.711. The first-order valence-corrected chi connectivity index (χ1v) is 8.09. The minimum absolute atomic E-state index is 0.711. The lowest BCUT2D eigenvalue weighted by Crippen LogP contribution is -2.42. The molecule has 108 valence electrons. The van der Waals surface area contributed by atoms with E-state index in [1.807, 2.05) is 0 Å². The summed E-state index contributed by atoms with van der Waals surface area (Å²) in [6.07, 6.45) is 6.79. The Balaban J connectivity index is 2.12. The average molecular weight is 254 g/mol. The summed E-state index contributed by atoms with van der Waals surface area (Å²) in [6, 6.07) is 0.711. The van der Waals surface area contributed by atoms with Gasteiger partial charge >= 0.3 is 0 Å². The van der Waals surface area contributed by atoms with Crippen LogP contribution in [0, 0.1) is 11.8 Å². The van der Waals surface area contributed by atoms with Crippen LogP contribution in [-0.4, -0.2) is 37.1 Å². The van der Waals surface area contributed by atoms with Crippen LogP contribution in [0.2, 0.25) is 0 Å². The lowest BCUT2D eigenvalue weighted by Gasteiger charge is -2.35. The van der Waals surface area contributed by atoms with Gasteiger partial charge in [0.25, 0.3) is 0 Å². The Morgan fingerprint density at radius 3 is 2.39 bits per heavy atom. The third-order valence-electron chi connectivity index (χ3n) is 4.31. The molecule has 1 fully saturated rings. The van der Waals surface area contributed by atoms with Gasteiger partial charge in [0.15, 0.2) is 0 Å². The van der Waals surface area contributed by atoms with Gasteiger partial charge in [-0.25, -0.2) is 0 Å². The normalized spacial score (nSPS) is 20.5. The van der Waals surface area contributed by atoms with Gasteiger partial charge in [0.1, 0.15) is 0 Å². The Bertz CT molecular complexity index is 195. The van der Waals surface area contributed by atoms with Crippen LogP contribution in [0.15, 0.2) is 0 Å². The molecule has 1 aliphatic rings. The van der Waals surface area contributed by atoms with Crippen molar-refractivity contribution in [3.63, 3.8) is 0 Å².